The monoisotopic (exact) mass is 593 g/mol. The summed E-state index contributed by atoms with van der Waals surface area (Å²) in [5.74, 6) is 0. The number of aromatic nitrogens is 1. The van der Waals surface area contributed by atoms with Crippen LogP contribution in [-0.4, -0.2) is 12.4 Å². The summed E-state index contributed by atoms with van der Waals surface area (Å²) in [7, 11) is 2.12. The lowest BCUT2D eigenvalue weighted by Crippen LogP contribution is -2.10. The Kier molecular flexibility index (Phi) is 7.32. The highest BCUT2D eigenvalue weighted by Gasteiger charge is 2.16. The molecule has 5 aromatic carbocycles. The van der Waals surface area contributed by atoms with Crippen LogP contribution in [0.2, 0.25) is 0 Å². The molecule has 3 heteroatoms. The second-order valence-electron chi connectivity index (χ2n) is 11.8. The topological polar surface area (TPSA) is 4.93 Å². The number of rotatable bonds is 5. The van der Waals surface area contributed by atoms with E-state index in [0.29, 0.717) is 0 Å². The Bertz CT molecular complexity index is 1790. The molecule has 1 aromatic heterocycles. The first-order valence-corrected chi connectivity index (χ1v) is 14.9. The number of hydrogen-bond acceptors (Lipinski definition) is 0. The number of fused-ring (bicyclic) bond motifs is 3. The SMILES string of the molecule is Bc1ccc(/C=C/c2ccc3c(c2)c2cc(/C=C/c4ccc(Br)cc4)ccc2n3-c2ccc(C(C)(C)C)cc2)cc1. The molecule has 0 aliphatic carbocycles. The number of hydrogen-bond donors (Lipinski definition) is 0. The zero-order valence-electron chi connectivity index (χ0n) is 24.0. The molecule has 200 valence electrons. The van der Waals surface area contributed by atoms with E-state index in [1.807, 2.05) is 0 Å². The van der Waals surface area contributed by atoms with Gasteiger partial charge in [-0.15, -0.1) is 0 Å². The molecule has 1 nitrogen and oxygen atoms in total. The fraction of sp³-hybridized carbons (Fsp3) is 0.105. The molecule has 0 fully saturated rings. The summed E-state index contributed by atoms with van der Waals surface area (Å²) >= 11 is 3.53. The smallest absolute Gasteiger partial charge is 0.139 e. The molecule has 0 amide bonds. The molecule has 0 spiro atoms. The maximum atomic E-state index is 3.53. The quantitative estimate of drug-likeness (QED) is 0.138. The fourth-order valence-corrected chi connectivity index (χ4v) is 5.56. The molecule has 0 atom stereocenters. The van der Waals surface area contributed by atoms with E-state index < -0.39 is 0 Å². The molecule has 0 bridgehead atoms. The van der Waals surface area contributed by atoms with Crippen LogP contribution in [0.4, 0.5) is 0 Å². The van der Waals surface area contributed by atoms with Gasteiger partial charge in [0.1, 0.15) is 7.85 Å². The van der Waals surface area contributed by atoms with Crippen molar-refractivity contribution < 1.29 is 0 Å². The second kappa shape index (κ2) is 11.1. The van der Waals surface area contributed by atoms with Crippen molar-refractivity contribution in [2.24, 2.45) is 0 Å². The van der Waals surface area contributed by atoms with E-state index in [1.54, 1.807) is 0 Å². The zero-order chi connectivity index (χ0) is 28.6. The molecule has 0 N–H and O–H groups in total. The van der Waals surface area contributed by atoms with Crippen molar-refractivity contribution in [3.63, 3.8) is 0 Å². The molecule has 0 saturated carbocycles. The molecular formula is C38H33BBrN. The van der Waals surface area contributed by atoms with Gasteiger partial charge in [-0.05, 0) is 81.8 Å². The highest BCUT2D eigenvalue weighted by molar-refractivity contribution is 9.10. The van der Waals surface area contributed by atoms with E-state index in [2.05, 4.69) is 183 Å². The molecule has 0 aliphatic rings. The lowest BCUT2D eigenvalue weighted by molar-refractivity contribution is 0.590. The van der Waals surface area contributed by atoms with E-state index in [0.717, 1.165) is 4.47 Å². The van der Waals surface area contributed by atoms with Crippen LogP contribution < -0.4 is 5.46 Å². The van der Waals surface area contributed by atoms with Gasteiger partial charge in [0.05, 0.1) is 11.0 Å². The van der Waals surface area contributed by atoms with Crippen molar-refractivity contribution in [1.29, 1.82) is 0 Å². The van der Waals surface area contributed by atoms with Gasteiger partial charge in [-0.25, -0.2) is 0 Å². The number of halogens is 1. The van der Waals surface area contributed by atoms with Gasteiger partial charge >= 0.3 is 0 Å². The zero-order valence-corrected chi connectivity index (χ0v) is 25.6. The summed E-state index contributed by atoms with van der Waals surface area (Å²) in [5, 5.41) is 2.51. The minimum atomic E-state index is 0.119. The van der Waals surface area contributed by atoms with Crippen molar-refractivity contribution in [2.75, 3.05) is 0 Å². The first kappa shape index (κ1) is 27.1. The van der Waals surface area contributed by atoms with Gasteiger partial charge in [0, 0.05) is 20.9 Å². The van der Waals surface area contributed by atoms with E-state index >= 15 is 0 Å². The van der Waals surface area contributed by atoms with E-state index in [9.17, 15) is 0 Å². The predicted molar refractivity (Wildman–Crippen MR) is 186 cm³/mol. The highest BCUT2D eigenvalue weighted by atomic mass is 79.9. The Morgan fingerprint density at radius 1 is 0.561 bits per heavy atom. The molecule has 1 heterocycles. The standard InChI is InChI=1S/C38H33BBrN/c1-38(2,3)30-14-20-33(21-15-30)41-36-22-12-28(6-4-26-8-16-31(39)17-9-26)24-34(36)35-25-29(13-23-37(35)41)7-5-27-10-18-32(40)19-11-27/h4-25H,39H2,1-3H3/b6-4+,7-5+. The summed E-state index contributed by atoms with van der Waals surface area (Å²) in [4.78, 5) is 0. The normalized spacial score (nSPS) is 12.3. The summed E-state index contributed by atoms with van der Waals surface area (Å²) in [6.07, 6.45) is 8.78. The lowest BCUT2D eigenvalue weighted by Gasteiger charge is -2.19. The lowest BCUT2D eigenvalue weighted by atomic mass is 9.87. The maximum absolute atomic E-state index is 3.53. The molecule has 41 heavy (non-hydrogen) atoms. The van der Waals surface area contributed by atoms with Crippen molar-refractivity contribution in [2.45, 2.75) is 26.2 Å². The van der Waals surface area contributed by atoms with Crippen LogP contribution in [0.1, 0.15) is 48.6 Å². The summed E-state index contributed by atoms with van der Waals surface area (Å²) in [6, 6.07) is 39.7. The third-order valence-electron chi connectivity index (χ3n) is 7.69. The third-order valence-corrected chi connectivity index (χ3v) is 8.22. The Labute approximate surface area is 252 Å². The second-order valence-corrected chi connectivity index (χ2v) is 12.7. The Hall–Kier alpha value is -4.08. The molecule has 0 saturated heterocycles. The van der Waals surface area contributed by atoms with Gasteiger partial charge in [-0.1, -0.05) is 127 Å². The Balaban J connectivity index is 1.47. The minimum Gasteiger partial charge on any atom is -0.309 e. The summed E-state index contributed by atoms with van der Waals surface area (Å²) in [5.41, 5.74) is 11.1. The predicted octanol–water partition coefficient (Wildman–Crippen LogP) is 9.44. The van der Waals surface area contributed by atoms with Crippen LogP contribution in [0.25, 0.3) is 51.8 Å². The van der Waals surface area contributed by atoms with E-state index in [1.165, 1.54) is 60.8 Å². The number of benzene rings is 5. The van der Waals surface area contributed by atoms with E-state index in [-0.39, 0.29) is 5.41 Å². The Morgan fingerprint density at radius 3 is 1.49 bits per heavy atom. The van der Waals surface area contributed by atoms with Crippen LogP contribution in [0.3, 0.4) is 0 Å². The van der Waals surface area contributed by atoms with Crippen molar-refractivity contribution in [3.05, 3.63) is 141 Å². The first-order valence-electron chi connectivity index (χ1n) is 14.1. The highest BCUT2D eigenvalue weighted by Crippen LogP contribution is 2.35. The summed E-state index contributed by atoms with van der Waals surface area (Å²) < 4.78 is 3.49. The summed E-state index contributed by atoms with van der Waals surface area (Å²) in [6.45, 7) is 6.78. The van der Waals surface area contributed by atoms with Crippen molar-refractivity contribution in [1.82, 2.24) is 4.57 Å². The van der Waals surface area contributed by atoms with Gasteiger partial charge in [0.15, 0.2) is 0 Å². The molecule has 0 radical (unpaired) electrons. The first-order chi connectivity index (χ1) is 19.7. The van der Waals surface area contributed by atoms with Crippen LogP contribution in [-0.2, 0) is 5.41 Å². The fourth-order valence-electron chi connectivity index (χ4n) is 5.29. The minimum absolute atomic E-state index is 0.119. The van der Waals surface area contributed by atoms with Crippen molar-refractivity contribution >= 4 is 75.3 Å². The molecule has 6 aromatic rings. The van der Waals surface area contributed by atoms with Gasteiger partial charge in [0.2, 0.25) is 0 Å². The maximum Gasteiger partial charge on any atom is 0.139 e. The van der Waals surface area contributed by atoms with Crippen LogP contribution >= 0.6 is 15.9 Å². The largest absolute Gasteiger partial charge is 0.309 e. The van der Waals surface area contributed by atoms with Gasteiger partial charge in [0.25, 0.3) is 0 Å². The molecule has 6 rings (SSSR count). The average Bonchev–Trinajstić information content (AvgIpc) is 3.29. The van der Waals surface area contributed by atoms with Gasteiger partial charge < -0.3 is 4.57 Å². The average molecular weight is 594 g/mol. The van der Waals surface area contributed by atoms with Crippen LogP contribution in [0.5, 0.6) is 0 Å². The number of nitrogens with zero attached hydrogens (tertiary/aromatic N) is 1. The molecule has 0 unspecified atom stereocenters. The van der Waals surface area contributed by atoms with Crippen LogP contribution in [0.15, 0.2) is 114 Å². The molecule has 0 aliphatic heterocycles. The van der Waals surface area contributed by atoms with Crippen LogP contribution in [0, 0.1) is 0 Å². The van der Waals surface area contributed by atoms with Gasteiger partial charge in [-0.3, -0.25) is 0 Å². The van der Waals surface area contributed by atoms with Crippen molar-refractivity contribution in [3.8, 4) is 5.69 Å². The third kappa shape index (κ3) is 5.87. The molecular weight excluding hydrogens is 561 g/mol. The van der Waals surface area contributed by atoms with Gasteiger partial charge in [-0.2, -0.15) is 0 Å². The Morgan fingerprint density at radius 2 is 1.00 bits per heavy atom. The van der Waals surface area contributed by atoms with E-state index in [4.69, 9.17) is 0 Å².